The van der Waals surface area contributed by atoms with Gasteiger partial charge >= 0.3 is 0 Å². The summed E-state index contributed by atoms with van der Waals surface area (Å²) in [6, 6.07) is 16.2. The van der Waals surface area contributed by atoms with Gasteiger partial charge in [0.2, 0.25) is 0 Å². The highest BCUT2D eigenvalue weighted by molar-refractivity contribution is 5.63. The van der Waals surface area contributed by atoms with E-state index < -0.39 is 0 Å². The Bertz CT molecular complexity index is 632. The van der Waals surface area contributed by atoms with E-state index in [1.807, 2.05) is 12.1 Å². The second-order valence-electron chi connectivity index (χ2n) is 7.20. The van der Waals surface area contributed by atoms with Crippen LogP contribution < -0.4 is 0 Å². The van der Waals surface area contributed by atoms with E-state index in [4.69, 9.17) is 0 Å². The molecule has 0 amide bonds. The van der Waals surface area contributed by atoms with E-state index in [-0.39, 0.29) is 5.82 Å². The fourth-order valence-corrected chi connectivity index (χ4v) is 3.66. The van der Waals surface area contributed by atoms with Crippen molar-refractivity contribution in [2.24, 2.45) is 0 Å². The standard InChI is InChI=1S/C22H28FN/c1-17(14-16-24-15-4-3-5-18(24)2)19-6-8-20(9-7-19)21-10-12-22(23)13-11-21/h6-13,17-18H,3-5,14-16H2,1-2H3. The quantitative estimate of drug-likeness (QED) is 0.665. The van der Waals surface area contributed by atoms with Crippen LogP contribution in [0, 0.1) is 5.82 Å². The third kappa shape index (κ3) is 4.24. The average molecular weight is 325 g/mol. The fourth-order valence-electron chi connectivity index (χ4n) is 3.66. The molecule has 3 rings (SSSR count). The SMILES string of the molecule is CC(CCN1CCCCC1C)c1ccc(-c2ccc(F)cc2)cc1. The van der Waals surface area contributed by atoms with E-state index in [0.29, 0.717) is 5.92 Å². The van der Waals surface area contributed by atoms with Crippen molar-refractivity contribution >= 4 is 0 Å². The molecule has 1 aliphatic rings. The van der Waals surface area contributed by atoms with Gasteiger partial charge in [-0.1, -0.05) is 49.7 Å². The topological polar surface area (TPSA) is 3.24 Å². The summed E-state index contributed by atoms with van der Waals surface area (Å²) in [6.45, 7) is 7.14. The van der Waals surface area contributed by atoms with Crippen LogP contribution >= 0.6 is 0 Å². The molecule has 2 aromatic carbocycles. The molecule has 1 aliphatic heterocycles. The molecule has 0 spiro atoms. The van der Waals surface area contributed by atoms with Crippen molar-refractivity contribution in [2.75, 3.05) is 13.1 Å². The molecule has 2 heteroatoms. The van der Waals surface area contributed by atoms with Crippen LogP contribution in [-0.4, -0.2) is 24.0 Å². The third-order valence-electron chi connectivity index (χ3n) is 5.45. The number of nitrogens with zero attached hydrogens (tertiary/aromatic N) is 1. The first-order chi connectivity index (χ1) is 11.6. The summed E-state index contributed by atoms with van der Waals surface area (Å²) in [6.07, 6.45) is 5.30. The molecule has 1 fully saturated rings. The number of likely N-dealkylation sites (tertiary alicyclic amines) is 1. The molecule has 1 saturated heterocycles. The van der Waals surface area contributed by atoms with Crippen LogP contribution in [0.25, 0.3) is 11.1 Å². The van der Waals surface area contributed by atoms with Crippen LogP contribution in [0.15, 0.2) is 48.5 Å². The van der Waals surface area contributed by atoms with Gasteiger partial charge in [-0.3, -0.25) is 0 Å². The van der Waals surface area contributed by atoms with E-state index in [0.717, 1.165) is 17.2 Å². The lowest BCUT2D eigenvalue weighted by molar-refractivity contribution is 0.156. The first kappa shape index (κ1) is 17.2. The molecular formula is C22H28FN. The lowest BCUT2D eigenvalue weighted by atomic mass is 9.94. The van der Waals surface area contributed by atoms with Crippen molar-refractivity contribution in [1.29, 1.82) is 0 Å². The van der Waals surface area contributed by atoms with Crippen molar-refractivity contribution in [3.05, 3.63) is 59.9 Å². The predicted molar refractivity (Wildman–Crippen MR) is 99.8 cm³/mol. The fraction of sp³-hybridized carbons (Fsp3) is 0.455. The van der Waals surface area contributed by atoms with Crippen molar-refractivity contribution in [3.8, 4) is 11.1 Å². The molecule has 0 aliphatic carbocycles. The first-order valence-corrected chi connectivity index (χ1v) is 9.23. The van der Waals surface area contributed by atoms with Crippen molar-refractivity contribution in [1.82, 2.24) is 4.90 Å². The first-order valence-electron chi connectivity index (χ1n) is 9.23. The van der Waals surface area contributed by atoms with Crippen LogP contribution in [0.1, 0.15) is 51.0 Å². The van der Waals surface area contributed by atoms with E-state index >= 15 is 0 Å². The Hall–Kier alpha value is -1.67. The van der Waals surface area contributed by atoms with Gasteiger partial charge in [0.1, 0.15) is 5.82 Å². The number of piperidine rings is 1. The van der Waals surface area contributed by atoms with E-state index in [9.17, 15) is 4.39 Å². The summed E-state index contributed by atoms with van der Waals surface area (Å²) in [7, 11) is 0. The smallest absolute Gasteiger partial charge is 0.123 e. The Labute approximate surface area is 145 Å². The van der Waals surface area contributed by atoms with E-state index in [1.54, 1.807) is 0 Å². The number of hydrogen-bond donors (Lipinski definition) is 0. The van der Waals surface area contributed by atoms with Gasteiger partial charge in [0.05, 0.1) is 0 Å². The van der Waals surface area contributed by atoms with Gasteiger partial charge < -0.3 is 4.90 Å². The summed E-state index contributed by atoms with van der Waals surface area (Å²) in [4.78, 5) is 2.65. The molecule has 2 unspecified atom stereocenters. The van der Waals surface area contributed by atoms with Crippen LogP contribution in [0.4, 0.5) is 4.39 Å². The minimum absolute atomic E-state index is 0.184. The monoisotopic (exact) mass is 325 g/mol. The van der Waals surface area contributed by atoms with Crippen molar-refractivity contribution in [3.63, 3.8) is 0 Å². The second kappa shape index (κ2) is 7.94. The summed E-state index contributed by atoms with van der Waals surface area (Å²) in [5.41, 5.74) is 3.61. The zero-order valence-electron chi connectivity index (χ0n) is 14.8. The highest BCUT2D eigenvalue weighted by Gasteiger charge is 2.18. The molecule has 0 radical (unpaired) electrons. The highest BCUT2D eigenvalue weighted by Crippen LogP contribution is 2.26. The van der Waals surface area contributed by atoms with Gasteiger partial charge in [-0.05, 0) is 74.0 Å². The molecule has 0 bridgehead atoms. The lowest BCUT2D eigenvalue weighted by Gasteiger charge is -2.34. The van der Waals surface area contributed by atoms with Gasteiger partial charge in [-0.25, -0.2) is 4.39 Å². The lowest BCUT2D eigenvalue weighted by Crippen LogP contribution is -2.38. The molecular weight excluding hydrogens is 297 g/mol. The van der Waals surface area contributed by atoms with Crippen LogP contribution in [0.2, 0.25) is 0 Å². The minimum Gasteiger partial charge on any atom is -0.301 e. The number of rotatable bonds is 5. The highest BCUT2D eigenvalue weighted by atomic mass is 19.1. The van der Waals surface area contributed by atoms with Gasteiger partial charge in [0.25, 0.3) is 0 Å². The van der Waals surface area contributed by atoms with E-state index in [1.165, 1.54) is 56.5 Å². The Morgan fingerprint density at radius 1 is 1.00 bits per heavy atom. The Morgan fingerprint density at radius 2 is 1.62 bits per heavy atom. The van der Waals surface area contributed by atoms with Gasteiger partial charge in [-0.15, -0.1) is 0 Å². The number of hydrogen-bond acceptors (Lipinski definition) is 1. The Balaban J connectivity index is 1.59. The normalized spacial score (nSPS) is 20.0. The van der Waals surface area contributed by atoms with Crippen molar-refractivity contribution < 1.29 is 4.39 Å². The van der Waals surface area contributed by atoms with Gasteiger partial charge in [0, 0.05) is 6.04 Å². The molecule has 2 aromatic rings. The third-order valence-corrected chi connectivity index (χ3v) is 5.45. The maximum atomic E-state index is 13.0. The predicted octanol–water partition coefficient (Wildman–Crippen LogP) is 5.86. The molecule has 0 aromatic heterocycles. The van der Waals surface area contributed by atoms with Crippen LogP contribution in [0.3, 0.4) is 0 Å². The zero-order chi connectivity index (χ0) is 16.9. The molecule has 1 nitrogen and oxygen atoms in total. The van der Waals surface area contributed by atoms with Crippen molar-refractivity contribution in [2.45, 2.75) is 51.5 Å². The summed E-state index contributed by atoms with van der Waals surface area (Å²) < 4.78 is 13.0. The molecule has 2 atom stereocenters. The molecule has 1 heterocycles. The van der Waals surface area contributed by atoms with Gasteiger partial charge in [0.15, 0.2) is 0 Å². The molecule has 128 valence electrons. The Morgan fingerprint density at radius 3 is 2.25 bits per heavy atom. The summed E-state index contributed by atoms with van der Waals surface area (Å²) in [5, 5.41) is 0. The molecule has 0 N–H and O–H groups in total. The maximum Gasteiger partial charge on any atom is 0.123 e. The Kier molecular flexibility index (Phi) is 5.68. The minimum atomic E-state index is -0.184. The summed E-state index contributed by atoms with van der Waals surface area (Å²) in [5.74, 6) is 0.386. The van der Waals surface area contributed by atoms with Gasteiger partial charge in [-0.2, -0.15) is 0 Å². The maximum absolute atomic E-state index is 13.0. The van der Waals surface area contributed by atoms with E-state index in [2.05, 4.69) is 43.0 Å². The van der Waals surface area contributed by atoms with Crippen LogP contribution in [0.5, 0.6) is 0 Å². The molecule has 24 heavy (non-hydrogen) atoms. The van der Waals surface area contributed by atoms with Crippen LogP contribution in [-0.2, 0) is 0 Å². The zero-order valence-corrected chi connectivity index (χ0v) is 14.8. The summed E-state index contributed by atoms with van der Waals surface area (Å²) >= 11 is 0. The molecule has 0 saturated carbocycles. The number of halogens is 1. The average Bonchev–Trinajstić information content (AvgIpc) is 2.62. The largest absolute Gasteiger partial charge is 0.301 e. The number of benzene rings is 2. The second-order valence-corrected chi connectivity index (χ2v) is 7.20.